The lowest BCUT2D eigenvalue weighted by Crippen LogP contribution is -2.24. The first-order chi connectivity index (χ1) is 8.22. The van der Waals surface area contributed by atoms with Crippen molar-refractivity contribution in [2.24, 2.45) is 5.10 Å². The fourth-order valence-corrected chi connectivity index (χ4v) is 2.27. The molecule has 2 aromatic rings. The van der Waals surface area contributed by atoms with Crippen molar-refractivity contribution in [1.29, 1.82) is 0 Å². The lowest BCUT2D eigenvalue weighted by atomic mass is 10.2. The largest absolute Gasteiger partial charge is 0.337 e. The van der Waals surface area contributed by atoms with Gasteiger partial charge in [-0.05, 0) is 24.6 Å². The molecule has 3 rings (SSSR count). The third-order valence-corrected chi connectivity index (χ3v) is 3.30. The van der Waals surface area contributed by atoms with E-state index in [1.165, 1.54) is 17.3 Å². The van der Waals surface area contributed by atoms with Crippen molar-refractivity contribution in [1.82, 2.24) is 15.4 Å². The quantitative estimate of drug-likeness (QED) is 0.808. The summed E-state index contributed by atoms with van der Waals surface area (Å²) in [5, 5.41) is 3.88. The number of H-pyrrole nitrogens is 1. The summed E-state index contributed by atoms with van der Waals surface area (Å²) >= 11 is 1.19. The van der Waals surface area contributed by atoms with E-state index in [0.29, 0.717) is 5.75 Å². The van der Waals surface area contributed by atoms with E-state index in [-0.39, 0.29) is 5.24 Å². The lowest BCUT2D eigenvalue weighted by molar-refractivity contribution is 0.261. The van der Waals surface area contributed by atoms with Crippen LogP contribution in [0.15, 0.2) is 23.3 Å². The summed E-state index contributed by atoms with van der Waals surface area (Å²) in [7, 11) is 0. The van der Waals surface area contributed by atoms with E-state index in [1.807, 2.05) is 25.1 Å². The van der Waals surface area contributed by atoms with E-state index in [0.717, 1.165) is 22.6 Å². The molecule has 6 heteroatoms. The highest BCUT2D eigenvalue weighted by molar-refractivity contribution is 8.14. The van der Waals surface area contributed by atoms with E-state index in [1.54, 1.807) is 0 Å². The second-order valence-electron chi connectivity index (χ2n) is 3.85. The molecule has 2 heterocycles. The van der Waals surface area contributed by atoms with Crippen LogP contribution in [0, 0.1) is 6.92 Å². The number of aryl methyl sites for hydroxylation is 1. The molecule has 1 aliphatic rings. The molecule has 0 unspecified atom stereocenters. The predicted molar refractivity (Wildman–Crippen MR) is 68.4 cm³/mol. The molecule has 2 N–H and O–H groups in total. The van der Waals surface area contributed by atoms with E-state index >= 15 is 0 Å². The summed E-state index contributed by atoms with van der Waals surface area (Å²) in [4.78, 5) is 18.6. The van der Waals surface area contributed by atoms with Crippen LogP contribution in [0.4, 0.5) is 4.79 Å². The standard InChI is InChI=1S/C11H10N4OS/c1-6-2-3-7-8(4-6)13-10(12-7)9-5-17-11(16)15-14-9/h2-4H,5H2,1H3,(H,12,13)(H,15,16). The van der Waals surface area contributed by atoms with Crippen LogP contribution in [-0.2, 0) is 0 Å². The number of nitrogens with one attached hydrogen (secondary N) is 2. The molecule has 1 aromatic carbocycles. The number of fused-ring (bicyclic) bond motifs is 1. The van der Waals surface area contributed by atoms with Gasteiger partial charge in [-0.25, -0.2) is 10.4 Å². The van der Waals surface area contributed by atoms with Crippen molar-refractivity contribution in [3.8, 4) is 0 Å². The number of hydrogen-bond acceptors (Lipinski definition) is 4. The minimum absolute atomic E-state index is 0.124. The predicted octanol–water partition coefficient (Wildman–Crippen LogP) is 2.03. The molecule has 0 bridgehead atoms. The SMILES string of the molecule is Cc1ccc2nc(C3=NNC(=O)SC3)[nH]c2c1. The van der Waals surface area contributed by atoms with Gasteiger partial charge in [-0.2, -0.15) is 5.10 Å². The normalized spacial score (nSPS) is 15.8. The highest BCUT2D eigenvalue weighted by Crippen LogP contribution is 2.16. The first-order valence-electron chi connectivity index (χ1n) is 5.18. The van der Waals surface area contributed by atoms with Crippen LogP contribution in [0.5, 0.6) is 0 Å². The molecule has 1 aromatic heterocycles. The molecule has 0 radical (unpaired) electrons. The zero-order chi connectivity index (χ0) is 11.8. The second kappa shape index (κ2) is 3.89. The molecular weight excluding hydrogens is 236 g/mol. The van der Waals surface area contributed by atoms with Crippen LogP contribution in [-0.4, -0.2) is 26.7 Å². The van der Waals surface area contributed by atoms with Gasteiger partial charge in [0.15, 0.2) is 5.82 Å². The molecule has 0 aliphatic carbocycles. The number of imidazole rings is 1. The zero-order valence-electron chi connectivity index (χ0n) is 9.15. The molecule has 0 spiro atoms. The molecule has 1 aliphatic heterocycles. The Hall–Kier alpha value is -1.82. The monoisotopic (exact) mass is 246 g/mol. The molecule has 0 fully saturated rings. The van der Waals surface area contributed by atoms with Gasteiger partial charge in [0.1, 0.15) is 5.71 Å². The highest BCUT2D eigenvalue weighted by Gasteiger charge is 2.16. The number of nitrogens with zero attached hydrogens (tertiary/aromatic N) is 2. The summed E-state index contributed by atoms with van der Waals surface area (Å²) in [6, 6.07) is 6.03. The Morgan fingerprint density at radius 1 is 1.41 bits per heavy atom. The zero-order valence-corrected chi connectivity index (χ0v) is 9.97. The van der Waals surface area contributed by atoms with Crippen LogP contribution < -0.4 is 5.43 Å². The van der Waals surface area contributed by atoms with Gasteiger partial charge < -0.3 is 4.98 Å². The number of benzene rings is 1. The summed E-state index contributed by atoms with van der Waals surface area (Å²) in [6.07, 6.45) is 0. The van der Waals surface area contributed by atoms with Gasteiger partial charge in [0.05, 0.1) is 16.8 Å². The molecule has 17 heavy (non-hydrogen) atoms. The van der Waals surface area contributed by atoms with Crippen molar-refractivity contribution >= 4 is 33.7 Å². The Morgan fingerprint density at radius 3 is 3.06 bits per heavy atom. The molecule has 0 atom stereocenters. The number of aromatic amines is 1. The number of hydrazone groups is 1. The average molecular weight is 246 g/mol. The van der Waals surface area contributed by atoms with Crippen molar-refractivity contribution in [2.75, 3.05) is 5.75 Å². The molecule has 0 saturated carbocycles. The van der Waals surface area contributed by atoms with Gasteiger partial charge in [-0.3, -0.25) is 4.79 Å². The number of amides is 1. The third kappa shape index (κ3) is 1.91. The lowest BCUT2D eigenvalue weighted by Gasteiger charge is -2.08. The first kappa shape index (κ1) is 10.3. The number of carbonyl (C=O) groups excluding carboxylic acids is 1. The Labute approximate surface area is 102 Å². The summed E-state index contributed by atoms with van der Waals surface area (Å²) < 4.78 is 0. The van der Waals surface area contributed by atoms with Crippen LogP contribution in [0.3, 0.4) is 0 Å². The van der Waals surface area contributed by atoms with Gasteiger partial charge in [0, 0.05) is 0 Å². The number of aromatic nitrogens is 2. The topological polar surface area (TPSA) is 70.1 Å². The van der Waals surface area contributed by atoms with E-state index in [2.05, 4.69) is 20.5 Å². The summed E-state index contributed by atoms with van der Waals surface area (Å²) in [5.41, 5.74) is 6.29. The van der Waals surface area contributed by atoms with Crippen LogP contribution in [0.1, 0.15) is 11.4 Å². The van der Waals surface area contributed by atoms with E-state index < -0.39 is 0 Å². The first-order valence-corrected chi connectivity index (χ1v) is 6.17. The maximum Gasteiger partial charge on any atom is 0.299 e. The number of rotatable bonds is 1. The van der Waals surface area contributed by atoms with Gasteiger partial charge in [-0.15, -0.1) is 0 Å². The number of thioether (sulfide) groups is 1. The average Bonchev–Trinajstić information content (AvgIpc) is 2.72. The number of carbonyl (C=O) groups is 1. The van der Waals surface area contributed by atoms with Crippen molar-refractivity contribution in [3.05, 3.63) is 29.6 Å². The summed E-state index contributed by atoms with van der Waals surface area (Å²) in [5.74, 6) is 1.27. The van der Waals surface area contributed by atoms with Gasteiger partial charge >= 0.3 is 0 Å². The van der Waals surface area contributed by atoms with E-state index in [4.69, 9.17) is 0 Å². The van der Waals surface area contributed by atoms with Crippen LogP contribution in [0.25, 0.3) is 11.0 Å². The van der Waals surface area contributed by atoms with Crippen molar-refractivity contribution in [3.63, 3.8) is 0 Å². The Balaban J connectivity index is 2.03. The van der Waals surface area contributed by atoms with Gasteiger partial charge in [-0.1, -0.05) is 17.8 Å². The second-order valence-corrected chi connectivity index (χ2v) is 4.80. The minimum Gasteiger partial charge on any atom is -0.337 e. The maximum atomic E-state index is 11.0. The molecule has 5 nitrogen and oxygen atoms in total. The van der Waals surface area contributed by atoms with Crippen LogP contribution >= 0.6 is 11.8 Å². The summed E-state index contributed by atoms with van der Waals surface area (Å²) in [6.45, 7) is 2.04. The van der Waals surface area contributed by atoms with E-state index in [9.17, 15) is 4.79 Å². The fourth-order valence-electron chi connectivity index (χ4n) is 1.69. The fraction of sp³-hybridized carbons (Fsp3) is 0.182. The highest BCUT2D eigenvalue weighted by atomic mass is 32.2. The van der Waals surface area contributed by atoms with Crippen molar-refractivity contribution in [2.45, 2.75) is 6.92 Å². The minimum atomic E-state index is -0.124. The molecule has 1 amide bonds. The third-order valence-electron chi connectivity index (χ3n) is 2.53. The Morgan fingerprint density at radius 2 is 2.29 bits per heavy atom. The maximum absolute atomic E-state index is 11.0. The Bertz CT molecular complexity index is 631. The number of hydrogen-bond donors (Lipinski definition) is 2. The van der Waals surface area contributed by atoms with Crippen molar-refractivity contribution < 1.29 is 4.79 Å². The van der Waals surface area contributed by atoms with Crippen LogP contribution in [0.2, 0.25) is 0 Å². The molecule has 86 valence electrons. The smallest absolute Gasteiger partial charge is 0.299 e. The molecule has 0 saturated heterocycles. The Kier molecular flexibility index (Phi) is 2.36. The van der Waals surface area contributed by atoms with Gasteiger partial charge in [0.2, 0.25) is 0 Å². The molecular formula is C11H10N4OS. The van der Waals surface area contributed by atoms with Gasteiger partial charge in [0.25, 0.3) is 5.24 Å².